The zero-order valence-electron chi connectivity index (χ0n) is 21.9. The maximum absolute atomic E-state index is 13.4. The number of nitrogens with one attached hydrogen (secondary N) is 2. The number of urea groups is 1. The topological polar surface area (TPSA) is 64.7 Å². The van der Waals surface area contributed by atoms with E-state index in [0.29, 0.717) is 23.2 Å². The van der Waals surface area contributed by atoms with E-state index in [1.165, 1.54) is 5.56 Å². The first-order valence-electron chi connectivity index (χ1n) is 13.5. The van der Waals surface area contributed by atoms with E-state index in [-0.39, 0.29) is 17.5 Å². The number of hydrogen-bond acceptors (Lipinski definition) is 3. The summed E-state index contributed by atoms with van der Waals surface area (Å²) >= 11 is 9.45. The molecule has 1 atom stereocenters. The highest BCUT2D eigenvalue weighted by Gasteiger charge is 2.47. The predicted octanol–water partition coefficient (Wildman–Crippen LogP) is 6.87. The molecule has 1 unspecified atom stereocenters. The second kappa shape index (κ2) is 12.5. The Morgan fingerprint density at radius 2 is 1.59 bits per heavy atom. The lowest BCUT2D eigenvalue weighted by atomic mass is 9.77. The maximum Gasteiger partial charge on any atom is 0.319 e. The fourth-order valence-electron chi connectivity index (χ4n) is 5.70. The number of rotatable bonds is 8. The number of carbonyl (C=O) groups is 2. The number of nitrogens with zero attached hydrogens (tertiary/aromatic N) is 2. The first kappa shape index (κ1) is 27.7. The Morgan fingerprint density at radius 1 is 0.923 bits per heavy atom. The van der Waals surface area contributed by atoms with Gasteiger partial charge in [0.05, 0.1) is 11.5 Å². The average Bonchev–Trinajstić information content (AvgIpc) is 3.24. The molecule has 2 N–H and O–H groups in total. The minimum atomic E-state index is -0.244. The van der Waals surface area contributed by atoms with Gasteiger partial charge < -0.3 is 20.4 Å². The van der Waals surface area contributed by atoms with Crippen LogP contribution in [0.2, 0.25) is 5.02 Å². The molecule has 0 aromatic heterocycles. The van der Waals surface area contributed by atoms with Gasteiger partial charge in [-0.15, -0.1) is 0 Å². The summed E-state index contributed by atoms with van der Waals surface area (Å²) < 4.78 is 1.05. The number of carbonyl (C=O) groups excluding carboxylic acids is 2. The Labute approximate surface area is 243 Å². The van der Waals surface area contributed by atoms with Gasteiger partial charge in [0.2, 0.25) is 5.91 Å². The van der Waals surface area contributed by atoms with Crippen molar-refractivity contribution in [3.63, 3.8) is 0 Å². The molecule has 2 aliphatic heterocycles. The SMILES string of the molecule is O=C(Nc1ccc(Cl)cc1)NC(CCN1CCC2(CC1)CCN(Cc1ccc(Br)cc1)C2=O)c1ccccc1. The Bertz CT molecular complexity index is 1260. The van der Waals surface area contributed by atoms with Crippen LogP contribution in [0.5, 0.6) is 0 Å². The molecule has 2 aliphatic rings. The number of hydrogen-bond donors (Lipinski definition) is 2. The van der Waals surface area contributed by atoms with E-state index in [1.807, 2.05) is 35.2 Å². The summed E-state index contributed by atoms with van der Waals surface area (Å²) in [5, 5.41) is 6.68. The molecule has 0 bridgehead atoms. The molecule has 0 aliphatic carbocycles. The normalized spacial score (nSPS) is 17.8. The zero-order valence-corrected chi connectivity index (χ0v) is 24.3. The van der Waals surface area contributed by atoms with Crippen molar-refractivity contribution in [2.45, 2.75) is 38.3 Å². The molecule has 3 aromatic carbocycles. The first-order chi connectivity index (χ1) is 18.9. The summed E-state index contributed by atoms with van der Waals surface area (Å²) in [4.78, 5) is 30.7. The van der Waals surface area contributed by atoms with Crippen LogP contribution in [0.4, 0.5) is 10.5 Å². The average molecular weight is 610 g/mol. The number of benzene rings is 3. The van der Waals surface area contributed by atoms with Gasteiger partial charge in [0, 0.05) is 34.8 Å². The molecule has 3 aromatic rings. The third kappa shape index (κ3) is 7.02. The van der Waals surface area contributed by atoms with E-state index >= 15 is 0 Å². The lowest BCUT2D eigenvalue weighted by Crippen LogP contribution is -2.45. The molecule has 204 valence electrons. The standard InChI is InChI=1S/C31H34BrClN4O2/c32-25-8-6-23(7-9-25)22-37-21-17-31(29(37)38)15-19-36(20-16-31)18-14-28(24-4-2-1-3-5-24)35-30(39)34-27-12-10-26(33)11-13-27/h1-13,28H,14-22H2,(H2,34,35,39). The van der Waals surface area contributed by atoms with Crippen LogP contribution >= 0.6 is 27.5 Å². The highest BCUT2D eigenvalue weighted by atomic mass is 79.9. The molecule has 2 saturated heterocycles. The van der Waals surface area contributed by atoms with Gasteiger partial charge in [0.1, 0.15) is 0 Å². The monoisotopic (exact) mass is 608 g/mol. The van der Waals surface area contributed by atoms with Gasteiger partial charge in [-0.1, -0.05) is 70.0 Å². The molecule has 2 heterocycles. The quantitative estimate of drug-likeness (QED) is 0.293. The maximum atomic E-state index is 13.4. The number of halogens is 2. The van der Waals surface area contributed by atoms with Gasteiger partial charge in [0.25, 0.3) is 0 Å². The van der Waals surface area contributed by atoms with E-state index in [2.05, 4.69) is 55.7 Å². The van der Waals surface area contributed by atoms with Crippen molar-refractivity contribution in [2.75, 3.05) is 31.5 Å². The van der Waals surface area contributed by atoms with Gasteiger partial charge in [-0.3, -0.25) is 4.79 Å². The Hall–Kier alpha value is -2.87. The third-order valence-corrected chi connectivity index (χ3v) is 8.83. The van der Waals surface area contributed by atoms with Crippen LogP contribution in [-0.2, 0) is 11.3 Å². The van der Waals surface area contributed by atoms with Crippen molar-refractivity contribution in [3.05, 3.63) is 99.5 Å². The van der Waals surface area contributed by atoms with Gasteiger partial charge in [-0.25, -0.2) is 4.79 Å². The summed E-state index contributed by atoms with van der Waals surface area (Å²) in [6.45, 7) is 4.16. The second-order valence-electron chi connectivity index (χ2n) is 10.6. The largest absolute Gasteiger partial charge is 0.338 e. The number of piperidine rings is 1. The van der Waals surface area contributed by atoms with Gasteiger partial charge >= 0.3 is 6.03 Å². The molecule has 0 saturated carbocycles. The molecule has 5 rings (SSSR count). The molecule has 3 amide bonds. The van der Waals surface area contributed by atoms with Crippen LogP contribution in [0.15, 0.2) is 83.3 Å². The fourth-order valence-corrected chi connectivity index (χ4v) is 6.09. The lowest BCUT2D eigenvalue weighted by Gasteiger charge is -2.38. The van der Waals surface area contributed by atoms with Crippen LogP contribution < -0.4 is 10.6 Å². The van der Waals surface area contributed by atoms with Crippen molar-refractivity contribution in [2.24, 2.45) is 5.41 Å². The molecule has 1 spiro atoms. The van der Waals surface area contributed by atoms with Crippen LogP contribution in [0.1, 0.15) is 42.9 Å². The smallest absolute Gasteiger partial charge is 0.319 e. The predicted molar refractivity (Wildman–Crippen MR) is 160 cm³/mol. The van der Waals surface area contributed by atoms with E-state index in [1.54, 1.807) is 24.3 Å². The van der Waals surface area contributed by atoms with Gasteiger partial charge in [-0.2, -0.15) is 0 Å². The Morgan fingerprint density at radius 3 is 2.28 bits per heavy atom. The third-order valence-electron chi connectivity index (χ3n) is 8.04. The van der Waals surface area contributed by atoms with E-state index in [4.69, 9.17) is 11.6 Å². The van der Waals surface area contributed by atoms with Crippen LogP contribution in [-0.4, -0.2) is 47.9 Å². The molecule has 8 heteroatoms. The fraction of sp³-hybridized carbons (Fsp3) is 0.355. The second-order valence-corrected chi connectivity index (χ2v) is 11.9. The van der Waals surface area contributed by atoms with Gasteiger partial charge in [0.15, 0.2) is 0 Å². The van der Waals surface area contributed by atoms with Crippen molar-refractivity contribution < 1.29 is 9.59 Å². The van der Waals surface area contributed by atoms with Crippen LogP contribution in [0, 0.1) is 5.41 Å². The summed E-state index contributed by atoms with van der Waals surface area (Å²) in [6.07, 6.45) is 3.51. The van der Waals surface area contributed by atoms with Crippen LogP contribution in [0.3, 0.4) is 0 Å². The Kier molecular flexibility index (Phi) is 8.90. The minimum absolute atomic E-state index is 0.121. The van der Waals surface area contributed by atoms with Crippen molar-refractivity contribution >= 4 is 45.2 Å². The number of anilines is 1. The highest BCUT2D eigenvalue weighted by molar-refractivity contribution is 9.10. The summed E-state index contributed by atoms with van der Waals surface area (Å²) in [6, 6.07) is 25.0. The zero-order chi connectivity index (χ0) is 27.2. The minimum Gasteiger partial charge on any atom is -0.338 e. The van der Waals surface area contributed by atoms with E-state index < -0.39 is 0 Å². The molecule has 39 heavy (non-hydrogen) atoms. The van der Waals surface area contributed by atoms with Crippen LogP contribution in [0.25, 0.3) is 0 Å². The lowest BCUT2D eigenvalue weighted by molar-refractivity contribution is -0.138. The Balaban J connectivity index is 1.14. The van der Waals surface area contributed by atoms with Gasteiger partial charge in [-0.05, 0) is 86.3 Å². The molecular weight excluding hydrogens is 576 g/mol. The molecule has 0 radical (unpaired) electrons. The number of amides is 3. The summed E-state index contributed by atoms with van der Waals surface area (Å²) in [5.74, 6) is 0.313. The van der Waals surface area contributed by atoms with Crippen molar-refractivity contribution in [1.82, 2.24) is 15.1 Å². The summed E-state index contributed by atoms with van der Waals surface area (Å²) in [7, 11) is 0. The van der Waals surface area contributed by atoms with Crippen molar-refractivity contribution in [3.8, 4) is 0 Å². The number of likely N-dealkylation sites (tertiary alicyclic amines) is 2. The first-order valence-corrected chi connectivity index (χ1v) is 14.7. The molecular formula is C31H34BrClN4O2. The molecule has 6 nitrogen and oxygen atoms in total. The highest BCUT2D eigenvalue weighted by Crippen LogP contribution is 2.42. The van der Waals surface area contributed by atoms with E-state index in [0.717, 1.165) is 61.9 Å². The van der Waals surface area contributed by atoms with Crippen molar-refractivity contribution in [1.29, 1.82) is 0 Å². The molecule has 2 fully saturated rings. The summed E-state index contributed by atoms with van der Waals surface area (Å²) in [5.41, 5.74) is 2.72. The van der Waals surface area contributed by atoms with E-state index in [9.17, 15) is 9.59 Å².